The molecule has 1 aromatic carbocycles. The van der Waals surface area contributed by atoms with Crippen LogP contribution in [-0.2, 0) is 16.6 Å². The summed E-state index contributed by atoms with van der Waals surface area (Å²) in [7, 11) is 1.70. The van der Waals surface area contributed by atoms with Crippen molar-refractivity contribution in [3.8, 4) is 11.3 Å². The van der Waals surface area contributed by atoms with E-state index < -0.39 is 11.9 Å². The minimum atomic E-state index is -0.459. The van der Waals surface area contributed by atoms with Gasteiger partial charge in [0.1, 0.15) is 11.9 Å². The van der Waals surface area contributed by atoms with Gasteiger partial charge in [0.15, 0.2) is 5.15 Å². The predicted molar refractivity (Wildman–Crippen MR) is 114 cm³/mol. The Morgan fingerprint density at radius 2 is 2.03 bits per heavy atom. The molecule has 1 N–H and O–H groups in total. The van der Waals surface area contributed by atoms with E-state index in [-0.39, 0.29) is 23.8 Å². The Hall–Kier alpha value is -2.41. The van der Waals surface area contributed by atoms with Crippen LogP contribution in [0, 0.1) is 11.7 Å². The summed E-state index contributed by atoms with van der Waals surface area (Å²) >= 11 is 5.90. The highest BCUT2D eigenvalue weighted by molar-refractivity contribution is 6.29. The molecule has 3 rings (SSSR count). The van der Waals surface area contributed by atoms with Crippen molar-refractivity contribution in [2.24, 2.45) is 13.0 Å². The number of halogens is 2. The van der Waals surface area contributed by atoms with E-state index in [0.29, 0.717) is 41.4 Å². The van der Waals surface area contributed by atoms with E-state index in [4.69, 9.17) is 11.6 Å². The van der Waals surface area contributed by atoms with Crippen LogP contribution in [0.15, 0.2) is 24.3 Å². The molecule has 0 aliphatic carbocycles. The largest absolute Gasteiger partial charge is 0.348 e. The van der Waals surface area contributed by atoms with Gasteiger partial charge in [-0.2, -0.15) is 5.10 Å². The van der Waals surface area contributed by atoms with Crippen molar-refractivity contribution < 1.29 is 14.0 Å². The van der Waals surface area contributed by atoms with Gasteiger partial charge in [0, 0.05) is 31.6 Å². The molecule has 0 bridgehead atoms. The van der Waals surface area contributed by atoms with Crippen molar-refractivity contribution in [1.82, 2.24) is 20.0 Å². The Morgan fingerprint density at radius 3 is 2.63 bits per heavy atom. The third-order valence-electron chi connectivity index (χ3n) is 5.44. The van der Waals surface area contributed by atoms with Gasteiger partial charge in [-0.25, -0.2) is 4.39 Å². The molecule has 30 heavy (non-hydrogen) atoms. The minimum absolute atomic E-state index is 0.0144. The second kappa shape index (κ2) is 9.16. The monoisotopic (exact) mass is 434 g/mol. The first-order chi connectivity index (χ1) is 14.2. The van der Waals surface area contributed by atoms with Crippen LogP contribution in [-0.4, -0.2) is 39.1 Å². The maximum Gasteiger partial charge on any atom is 0.243 e. The normalized spacial score (nSPS) is 17.4. The average molecular weight is 435 g/mol. The molecule has 2 amide bonds. The fourth-order valence-corrected chi connectivity index (χ4v) is 4.11. The van der Waals surface area contributed by atoms with Gasteiger partial charge in [0.25, 0.3) is 0 Å². The van der Waals surface area contributed by atoms with Gasteiger partial charge in [-0.3, -0.25) is 14.3 Å². The highest BCUT2D eigenvalue weighted by atomic mass is 35.5. The molecule has 2 atom stereocenters. The first-order valence-electron chi connectivity index (χ1n) is 10.3. The summed E-state index contributed by atoms with van der Waals surface area (Å²) in [6.45, 7) is 6.39. The second-order valence-corrected chi connectivity index (χ2v) is 8.68. The highest BCUT2D eigenvalue weighted by Gasteiger charge is 2.34. The Labute approximate surface area is 181 Å². The fourth-order valence-electron chi connectivity index (χ4n) is 3.89. The molecule has 2 unspecified atom stereocenters. The number of nitrogens with zero attached hydrogens (tertiary/aromatic N) is 3. The summed E-state index contributed by atoms with van der Waals surface area (Å²) in [6.07, 6.45) is 1.90. The number of aryl methyl sites for hydroxylation is 1. The second-order valence-electron chi connectivity index (χ2n) is 8.29. The quantitative estimate of drug-likeness (QED) is 0.744. The molecule has 1 aliphatic heterocycles. The van der Waals surface area contributed by atoms with Gasteiger partial charge in [0.2, 0.25) is 11.8 Å². The zero-order chi connectivity index (χ0) is 22.0. The summed E-state index contributed by atoms with van der Waals surface area (Å²) in [5.41, 5.74) is 1.61. The van der Waals surface area contributed by atoms with E-state index in [2.05, 4.69) is 10.4 Å². The van der Waals surface area contributed by atoms with Crippen molar-refractivity contribution in [3.63, 3.8) is 0 Å². The highest BCUT2D eigenvalue weighted by Crippen LogP contribution is 2.28. The van der Waals surface area contributed by atoms with Crippen molar-refractivity contribution >= 4 is 23.4 Å². The molecule has 1 fully saturated rings. The molecule has 6 nitrogen and oxygen atoms in total. The van der Waals surface area contributed by atoms with Gasteiger partial charge in [-0.15, -0.1) is 0 Å². The van der Waals surface area contributed by atoms with Gasteiger partial charge >= 0.3 is 0 Å². The summed E-state index contributed by atoms with van der Waals surface area (Å²) < 4.78 is 16.3. The van der Waals surface area contributed by atoms with Crippen molar-refractivity contribution in [2.45, 2.75) is 52.1 Å². The van der Waals surface area contributed by atoms with Crippen LogP contribution in [0.5, 0.6) is 0 Å². The van der Waals surface area contributed by atoms with Crippen LogP contribution < -0.4 is 5.32 Å². The van der Waals surface area contributed by atoms with Gasteiger partial charge in [0.05, 0.1) is 11.7 Å². The molecule has 1 saturated heterocycles. The number of benzene rings is 1. The number of likely N-dealkylation sites (tertiary alicyclic amines) is 1. The Bertz CT molecular complexity index is 943. The van der Waals surface area contributed by atoms with Crippen molar-refractivity contribution in [2.75, 3.05) is 6.54 Å². The Balaban J connectivity index is 1.70. The number of rotatable bonds is 6. The number of hydrogen-bond acceptors (Lipinski definition) is 3. The number of hydrogen-bond donors (Lipinski definition) is 1. The first kappa shape index (κ1) is 22.3. The van der Waals surface area contributed by atoms with Gasteiger partial charge in [-0.1, -0.05) is 31.5 Å². The number of carbonyl (C=O) groups excluding carboxylic acids is 2. The first-order valence-corrected chi connectivity index (χ1v) is 10.6. The lowest BCUT2D eigenvalue weighted by molar-refractivity contribution is -0.139. The number of amides is 2. The zero-order valence-electron chi connectivity index (χ0n) is 17.8. The molecule has 8 heteroatoms. The van der Waals surface area contributed by atoms with E-state index in [9.17, 15) is 14.0 Å². The third-order valence-corrected chi connectivity index (χ3v) is 5.62. The Kier molecular flexibility index (Phi) is 6.81. The van der Waals surface area contributed by atoms with Crippen molar-refractivity contribution in [3.05, 3.63) is 40.8 Å². The molecule has 2 heterocycles. The van der Waals surface area contributed by atoms with E-state index in [1.165, 1.54) is 10.7 Å². The van der Waals surface area contributed by atoms with Gasteiger partial charge < -0.3 is 10.2 Å². The summed E-state index contributed by atoms with van der Waals surface area (Å²) in [4.78, 5) is 27.0. The molecular formula is C22H28ClFN4O2. The standard InChI is InChI=1S/C22H28ClFN4O2/c1-13(2)10-21(29)28-9-5-6-18(28)22(30)25-14(3)15-7-8-16(17(24)11-15)19-12-20(23)26-27(19)4/h7-8,11-14,18H,5-6,9-10H2,1-4H3,(H,25,30). The zero-order valence-corrected chi connectivity index (χ0v) is 18.5. The van der Waals surface area contributed by atoms with E-state index in [1.54, 1.807) is 30.1 Å². The molecule has 0 saturated carbocycles. The van der Waals surface area contributed by atoms with Crippen LogP contribution in [0.25, 0.3) is 11.3 Å². The third kappa shape index (κ3) is 4.83. The van der Waals surface area contributed by atoms with Gasteiger partial charge in [-0.05, 0) is 43.4 Å². The lowest BCUT2D eigenvalue weighted by Crippen LogP contribution is -2.46. The van der Waals surface area contributed by atoms with Crippen LogP contribution in [0.1, 0.15) is 51.6 Å². The number of aromatic nitrogens is 2. The van der Waals surface area contributed by atoms with Crippen LogP contribution >= 0.6 is 11.6 Å². The molecule has 2 aromatic rings. The van der Waals surface area contributed by atoms with Crippen LogP contribution in [0.3, 0.4) is 0 Å². The van der Waals surface area contributed by atoms with Crippen molar-refractivity contribution in [1.29, 1.82) is 0 Å². The molecular weight excluding hydrogens is 407 g/mol. The maximum atomic E-state index is 14.8. The van der Waals surface area contributed by atoms with E-state index in [0.717, 1.165) is 6.42 Å². The summed E-state index contributed by atoms with van der Waals surface area (Å²) in [5.74, 6) is -0.347. The summed E-state index contributed by atoms with van der Waals surface area (Å²) in [6, 6.07) is 5.61. The molecule has 1 aromatic heterocycles. The predicted octanol–water partition coefficient (Wildman–Crippen LogP) is 4.09. The molecule has 0 spiro atoms. The van der Waals surface area contributed by atoms with E-state index in [1.807, 2.05) is 20.8 Å². The molecule has 0 radical (unpaired) electrons. The van der Waals surface area contributed by atoms with Crippen LogP contribution in [0.4, 0.5) is 4.39 Å². The average Bonchev–Trinajstić information content (AvgIpc) is 3.27. The van der Waals surface area contributed by atoms with E-state index >= 15 is 0 Å². The van der Waals surface area contributed by atoms with Crippen LogP contribution in [0.2, 0.25) is 5.15 Å². The summed E-state index contributed by atoms with van der Waals surface area (Å²) in [5, 5.41) is 7.27. The smallest absolute Gasteiger partial charge is 0.243 e. The fraction of sp³-hybridized carbons (Fsp3) is 0.500. The molecule has 1 aliphatic rings. The molecule has 162 valence electrons. The lowest BCUT2D eigenvalue weighted by atomic mass is 10.0. The SMILES string of the molecule is CC(C)CC(=O)N1CCCC1C(=O)NC(C)c1ccc(-c2cc(Cl)nn2C)c(F)c1. The lowest BCUT2D eigenvalue weighted by Gasteiger charge is -2.26. The topological polar surface area (TPSA) is 67.2 Å². The number of nitrogens with one attached hydrogen (secondary N) is 1. The maximum absolute atomic E-state index is 14.8. The Morgan fingerprint density at radius 1 is 1.30 bits per heavy atom. The minimum Gasteiger partial charge on any atom is -0.348 e. The number of carbonyl (C=O) groups is 2.